The second kappa shape index (κ2) is 6.28. The quantitative estimate of drug-likeness (QED) is 0.833. The van der Waals surface area contributed by atoms with Crippen LogP contribution in [0.5, 0.6) is 0 Å². The van der Waals surface area contributed by atoms with Gasteiger partial charge in [0, 0.05) is 13.1 Å². The summed E-state index contributed by atoms with van der Waals surface area (Å²) in [6, 6.07) is 6.89. The lowest BCUT2D eigenvalue weighted by Crippen LogP contribution is -2.31. The first kappa shape index (κ1) is 14.1. The van der Waals surface area contributed by atoms with Crippen LogP contribution in [-0.4, -0.2) is 24.3 Å². The minimum absolute atomic E-state index is 0.183. The maximum atomic E-state index is 9.81. The first-order valence-electron chi connectivity index (χ1n) is 8.30. The minimum Gasteiger partial charge on any atom is -0.392 e. The standard InChI is InChI=1S/C18H27NO/c1-2-4-16(20)12-19-11-15-10-9-14-8-7-13-5-3-6-17(15)18(13)14/h3,5-6,14-16,19-20H,2,4,7-12H2,1H3. The fraction of sp³-hybridized carbons (Fsp3) is 0.667. The Bertz CT molecular complexity index is 457. The molecule has 2 N–H and O–H groups in total. The molecule has 1 aromatic carbocycles. The number of hydrogen-bond acceptors (Lipinski definition) is 2. The monoisotopic (exact) mass is 273 g/mol. The second-order valence-electron chi connectivity index (χ2n) is 6.53. The Morgan fingerprint density at radius 1 is 1.30 bits per heavy atom. The van der Waals surface area contributed by atoms with E-state index in [1.807, 2.05) is 0 Å². The average molecular weight is 273 g/mol. The summed E-state index contributed by atoms with van der Waals surface area (Å²) in [6.45, 7) is 3.88. The summed E-state index contributed by atoms with van der Waals surface area (Å²) in [4.78, 5) is 0. The highest BCUT2D eigenvalue weighted by molar-refractivity contribution is 5.45. The smallest absolute Gasteiger partial charge is 0.0664 e. The van der Waals surface area contributed by atoms with Gasteiger partial charge in [-0.05, 0) is 60.6 Å². The van der Waals surface area contributed by atoms with Crippen molar-refractivity contribution in [3.05, 3.63) is 34.9 Å². The Hall–Kier alpha value is -0.860. The molecule has 2 aliphatic carbocycles. The number of rotatable bonds is 6. The summed E-state index contributed by atoms with van der Waals surface area (Å²) in [6.07, 6.45) is 7.08. The lowest BCUT2D eigenvalue weighted by molar-refractivity contribution is 0.160. The largest absolute Gasteiger partial charge is 0.392 e. The van der Waals surface area contributed by atoms with Crippen LogP contribution in [0.3, 0.4) is 0 Å². The van der Waals surface area contributed by atoms with Crippen LogP contribution in [-0.2, 0) is 6.42 Å². The molecule has 110 valence electrons. The molecule has 0 saturated heterocycles. The Balaban J connectivity index is 1.62. The molecule has 0 aliphatic heterocycles. The van der Waals surface area contributed by atoms with Gasteiger partial charge in [-0.2, -0.15) is 0 Å². The van der Waals surface area contributed by atoms with Gasteiger partial charge in [-0.15, -0.1) is 0 Å². The molecule has 20 heavy (non-hydrogen) atoms. The lowest BCUT2D eigenvalue weighted by atomic mass is 9.77. The Kier molecular flexibility index (Phi) is 4.42. The van der Waals surface area contributed by atoms with E-state index in [0.29, 0.717) is 5.92 Å². The van der Waals surface area contributed by atoms with Crippen LogP contribution < -0.4 is 5.32 Å². The average Bonchev–Trinajstić information content (AvgIpc) is 2.87. The molecular weight excluding hydrogens is 246 g/mol. The molecule has 0 spiro atoms. The van der Waals surface area contributed by atoms with Gasteiger partial charge in [0.25, 0.3) is 0 Å². The molecule has 0 bridgehead atoms. The lowest BCUT2D eigenvalue weighted by Gasteiger charge is -2.30. The number of hydrogen-bond donors (Lipinski definition) is 2. The molecule has 3 unspecified atom stereocenters. The van der Waals surface area contributed by atoms with E-state index < -0.39 is 0 Å². The highest BCUT2D eigenvalue weighted by Crippen LogP contribution is 2.46. The normalized spacial score (nSPS) is 25.5. The molecule has 0 saturated carbocycles. The van der Waals surface area contributed by atoms with Crippen molar-refractivity contribution in [1.29, 1.82) is 0 Å². The van der Waals surface area contributed by atoms with Crippen molar-refractivity contribution in [2.24, 2.45) is 0 Å². The number of nitrogens with one attached hydrogen (secondary N) is 1. The van der Waals surface area contributed by atoms with Gasteiger partial charge >= 0.3 is 0 Å². The van der Waals surface area contributed by atoms with Gasteiger partial charge in [0.15, 0.2) is 0 Å². The molecule has 2 aliphatic rings. The van der Waals surface area contributed by atoms with E-state index in [1.165, 1.54) is 25.7 Å². The predicted octanol–water partition coefficient (Wildman–Crippen LogP) is 3.34. The fourth-order valence-corrected chi connectivity index (χ4v) is 4.10. The maximum Gasteiger partial charge on any atom is 0.0664 e. The molecule has 0 fully saturated rings. The Morgan fingerprint density at radius 2 is 2.20 bits per heavy atom. The summed E-state index contributed by atoms with van der Waals surface area (Å²) in [5, 5.41) is 13.3. The predicted molar refractivity (Wildman–Crippen MR) is 83.3 cm³/mol. The Morgan fingerprint density at radius 3 is 3.05 bits per heavy atom. The van der Waals surface area contributed by atoms with E-state index >= 15 is 0 Å². The first-order chi connectivity index (χ1) is 9.79. The molecule has 0 radical (unpaired) electrons. The van der Waals surface area contributed by atoms with Crippen molar-refractivity contribution >= 4 is 0 Å². The molecule has 1 aromatic rings. The molecular formula is C18H27NO. The molecule has 3 atom stereocenters. The van der Waals surface area contributed by atoms with Crippen LogP contribution in [0.4, 0.5) is 0 Å². The summed E-state index contributed by atoms with van der Waals surface area (Å²) < 4.78 is 0. The van der Waals surface area contributed by atoms with Gasteiger partial charge in [0.05, 0.1) is 6.10 Å². The number of aryl methyl sites for hydroxylation is 1. The summed E-state index contributed by atoms with van der Waals surface area (Å²) >= 11 is 0. The van der Waals surface area contributed by atoms with Crippen LogP contribution in [0.15, 0.2) is 18.2 Å². The second-order valence-corrected chi connectivity index (χ2v) is 6.53. The fourth-order valence-electron chi connectivity index (χ4n) is 4.10. The number of benzene rings is 1. The van der Waals surface area contributed by atoms with Crippen molar-refractivity contribution in [2.45, 2.75) is 63.4 Å². The third-order valence-corrected chi connectivity index (χ3v) is 5.10. The van der Waals surface area contributed by atoms with E-state index in [1.54, 1.807) is 16.7 Å². The number of aliphatic hydroxyl groups excluding tert-OH is 1. The van der Waals surface area contributed by atoms with Crippen molar-refractivity contribution in [1.82, 2.24) is 5.32 Å². The molecule has 2 nitrogen and oxygen atoms in total. The van der Waals surface area contributed by atoms with E-state index in [4.69, 9.17) is 0 Å². The molecule has 0 heterocycles. The van der Waals surface area contributed by atoms with Crippen molar-refractivity contribution in [2.75, 3.05) is 13.1 Å². The van der Waals surface area contributed by atoms with Crippen LogP contribution in [0.1, 0.15) is 67.6 Å². The van der Waals surface area contributed by atoms with Gasteiger partial charge in [-0.25, -0.2) is 0 Å². The van der Waals surface area contributed by atoms with Gasteiger partial charge in [0.2, 0.25) is 0 Å². The van der Waals surface area contributed by atoms with Crippen molar-refractivity contribution in [3.8, 4) is 0 Å². The summed E-state index contributed by atoms with van der Waals surface area (Å²) in [5.74, 6) is 1.48. The molecule has 0 aromatic heterocycles. The number of aliphatic hydroxyl groups is 1. The maximum absolute atomic E-state index is 9.81. The van der Waals surface area contributed by atoms with Crippen LogP contribution in [0.2, 0.25) is 0 Å². The Labute approximate surface area is 122 Å². The molecule has 0 amide bonds. The van der Waals surface area contributed by atoms with Gasteiger partial charge in [0.1, 0.15) is 0 Å². The van der Waals surface area contributed by atoms with Crippen LogP contribution >= 0.6 is 0 Å². The highest BCUT2D eigenvalue weighted by Gasteiger charge is 2.32. The van der Waals surface area contributed by atoms with Crippen LogP contribution in [0.25, 0.3) is 0 Å². The van der Waals surface area contributed by atoms with E-state index in [0.717, 1.165) is 31.8 Å². The summed E-state index contributed by atoms with van der Waals surface area (Å²) in [5.41, 5.74) is 4.87. The van der Waals surface area contributed by atoms with Gasteiger partial charge < -0.3 is 10.4 Å². The summed E-state index contributed by atoms with van der Waals surface area (Å²) in [7, 11) is 0. The SMILES string of the molecule is CCCC(O)CNCC1CCC2CCc3cccc1c32. The third kappa shape index (κ3) is 2.77. The van der Waals surface area contributed by atoms with E-state index in [9.17, 15) is 5.11 Å². The highest BCUT2D eigenvalue weighted by atomic mass is 16.3. The van der Waals surface area contributed by atoms with Crippen molar-refractivity contribution < 1.29 is 5.11 Å². The third-order valence-electron chi connectivity index (χ3n) is 5.10. The van der Waals surface area contributed by atoms with E-state index in [-0.39, 0.29) is 6.10 Å². The first-order valence-corrected chi connectivity index (χ1v) is 8.30. The molecule has 3 rings (SSSR count). The topological polar surface area (TPSA) is 32.3 Å². The van der Waals surface area contributed by atoms with Crippen molar-refractivity contribution in [3.63, 3.8) is 0 Å². The van der Waals surface area contributed by atoms with Crippen LogP contribution in [0, 0.1) is 0 Å². The zero-order chi connectivity index (χ0) is 13.9. The zero-order valence-electron chi connectivity index (χ0n) is 12.6. The zero-order valence-corrected chi connectivity index (χ0v) is 12.6. The molecule has 2 heteroatoms. The van der Waals surface area contributed by atoms with Gasteiger partial charge in [-0.1, -0.05) is 31.5 Å². The minimum atomic E-state index is -0.183. The van der Waals surface area contributed by atoms with E-state index in [2.05, 4.69) is 30.4 Å². The van der Waals surface area contributed by atoms with Gasteiger partial charge in [-0.3, -0.25) is 0 Å².